The highest BCUT2D eigenvalue weighted by molar-refractivity contribution is 5.76. The molecule has 0 aliphatic rings. The van der Waals surface area contributed by atoms with Crippen molar-refractivity contribution in [3.8, 4) is 0 Å². The summed E-state index contributed by atoms with van der Waals surface area (Å²) in [5, 5.41) is 10.7. The lowest BCUT2D eigenvalue weighted by atomic mass is 10.1. The summed E-state index contributed by atoms with van der Waals surface area (Å²) in [6.45, 7) is -0.824. The molecule has 0 radical (unpaired) electrons. The Bertz CT molecular complexity index is 382. The first kappa shape index (κ1) is 14.4. The number of amides is 1. The SMILES string of the molecule is O=C(CCc1cccnc1)NCC(O)C(F)(F)F. The van der Waals surface area contributed by atoms with Crippen LogP contribution in [0.1, 0.15) is 12.0 Å². The highest BCUT2D eigenvalue weighted by Gasteiger charge is 2.38. The van der Waals surface area contributed by atoms with Gasteiger partial charge in [0.15, 0.2) is 6.10 Å². The highest BCUT2D eigenvalue weighted by Crippen LogP contribution is 2.19. The molecular weight excluding hydrogens is 249 g/mol. The van der Waals surface area contributed by atoms with E-state index in [9.17, 15) is 18.0 Å². The van der Waals surface area contributed by atoms with Crippen LogP contribution in [0.3, 0.4) is 0 Å². The molecule has 1 heterocycles. The maximum Gasteiger partial charge on any atom is 0.416 e. The Balaban J connectivity index is 2.27. The van der Waals surface area contributed by atoms with Crippen LogP contribution in [-0.4, -0.2) is 34.8 Å². The van der Waals surface area contributed by atoms with Crippen LogP contribution >= 0.6 is 0 Å². The van der Waals surface area contributed by atoms with Crippen LogP contribution in [0.5, 0.6) is 0 Å². The van der Waals surface area contributed by atoms with Gasteiger partial charge in [-0.25, -0.2) is 0 Å². The Kier molecular flexibility index (Phi) is 5.08. The van der Waals surface area contributed by atoms with E-state index in [4.69, 9.17) is 5.11 Å². The monoisotopic (exact) mass is 262 g/mol. The number of nitrogens with one attached hydrogen (secondary N) is 1. The lowest BCUT2D eigenvalue weighted by molar-refractivity contribution is -0.201. The maximum absolute atomic E-state index is 11.9. The predicted molar refractivity (Wildman–Crippen MR) is 57.6 cm³/mol. The molecule has 1 aromatic rings. The summed E-state index contributed by atoms with van der Waals surface area (Å²) >= 11 is 0. The molecule has 0 aromatic carbocycles. The minimum atomic E-state index is -4.71. The number of rotatable bonds is 5. The lowest BCUT2D eigenvalue weighted by Crippen LogP contribution is -2.40. The molecule has 0 fully saturated rings. The van der Waals surface area contributed by atoms with Gasteiger partial charge in [-0.05, 0) is 18.1 Å². The third-order valence-electron chi connectivity index (χ3n) is 2.23. The number of carbonyl (C=O) groups excluding carboxylic acids is 1. The van der Waals surface area contributed by atoms with Crippen molar-refractivity contribution in [3.05, 3.63) is 30.1 Å². The molecule has 4 nitrogen and oxygen atoms in total. The average Bonchev–Trinajstić information content (AvgIpc) is 2.33. The molecule has 0 saturated carbocycles. The summed E-state index contributed by atoms with van der Waals surface area (Å²) in [6.07, 6.45) is -3.63. The molecule has 0 aliphatic carbocycles. The molecule has 18 heavy (non-hydrogen) atoms. The predicted octanol–water partition coefficient (Wildman–Crippen LogP) is 1.05. The van der Waals surface area contributed by atoms with E-state index in [1.807, 2.05) is 5.32 Å². The van der Waals surface area contributed by atoms with E-state index in [0.717, 1.165) is 5.56 Å². The summed E-state index contributed by atoms with van der Waals surface area (Å²) in [6, 6.07) is 3.48. The molecule has 1 rings (SSSR count). The zero-order valence-electron chi connectivity index (χ0n) is 9.44. The van der Waals surface area contributed by atoms with Gasteiger partial charge in [-0.15, -0.1) is 0 Å². The van der Waals surface area contributed by atoms with E-state index in [1.54, 1.807) is 24.5 Å². The van der Waals surface area contributed by atoms with Gasteiger partial charge in [-0.3, -0.25) is 9.78 Å². The number of hydrogen-bond acceptors (Lipinski definition) is 3. The molecule has 0 aliphatic heterocycles. The maximum atomic E-state index is 11.9. The van der Waals surface area contributed by atoms with Gasteiger partial charge in [-0.1, -0.05) is 6.07 Å². The Morgan fingerprint density at radius 3 is 2.78 bits per heavy atom. The zero-order chi connectivity index (χ0) is 13.6. The normalized spacial score (nSPS) is 13.1. The van der Waals surface area contributed by atoms with Gasteiger partial charge >= 0.3 is 6.18 Å². The van der Waals surface area contributed by atoms with E-state index in [0.29, 0.717) is 6.42 Å². The first-order chi connectivity index (χ1) is 8.39. The molecule has 1 amide bonds. The Hall–Kier alpha value is -1.63. The van der Waals surface area contributed by atoms with Crippen molar-refractivity contribution in [3.63, 3.8) is 0 Å². The van der Waals surface area contributed by atoms with E-state index in [2.05, 4.69) is 4.98 Å². The van der Waals surface area contributed by atoms with Crippen LogP contribution in [0.2, 0.25) is 0 Å². The number of aliphatic hydroxyl groups excluding tert-OH is 1. The number of aryl methyl sites for hydroxylation is 1. The van der Waals surface area contributed by atoms with E-state index in [1.165, 1.54) is 0 Å². The number of alkyl halides is 3. The topological polar surface area (TPSA) is 62.2 Å². The average molecular weight is 262 g/mol. The molecule has 0 bridgehead atoms. The van der Waals surface area contributed by atoms with Crippen molar-refractivity contribution in [1.29, 1.82) is 0 Å². The number of nitrogens with zero attached hydrogens (tertiary/aromatic N) is 1. The second kappa shape index (κ2) is 6.34. The van der Waals surface area contributed by atoms with Crippen LogP contribution in [0.4, 0.5) is 13.2 Å². The number of hydrogen-bond donors (Lipinski definition) is 2. The number of aromatic nitrogens is 1. The van der Waals surface area contributed by atoms with E-state index >= 15 is 0 Å². The quantitative estimate of drug-likeness (QED) is 0.834. The van der Waals surface area contributed by atoms with Gasteiger partial charge < -0.3 is 10.4 Å². The summed E-state index contributed by atoms with van der Waals surface area (Å²) in [5.74, 6) is -0.540. The number of pyridine rings is 1. The fraction of sp³-hybridized carbons (Fsp3) is 0.455. The number of aliphatic hydroxyl groups is 1. The van der Waals surface area contributed by atoms with Crippen molar-refractivity contribution in [1.82, 2.24) is 10.3 Å². The molecule has 7 heteroatoms. The first-order valence-corrected chi connectivity index (χ1v) is 5.30. The molecule has 1 atom stereocenters. The zero-order valence-corrected chi connectivity index (χ0v) is 9.44. The van der Waals surface area contributed by atoms with Crippen LogP contribution in [0.25, 0.3) is 0 Å². The lowest BCUT2D eigenvalue weighted by Gasteiger charge is -2.14. The van der Waals surface area contributed by atoms with E-state index in [-0.39, 0.29) is 6.42 Å². The van der Waals surface area contributed by atoms with Crippen molar-refractivity contribution in [2.75, 3.05) is 6.54 Å². The summed E-state index contributed by atoms with van der Waals surface area (Å²) in [7, 11) is 0. The summed E-state index contributed by atoms with van der Waals surface area (Å²) < 4.78 is 35.8. The van der Waals surface area contributed by atoms with Gasteiger partial charge in [0.1, 0.15) is 0 Å². The minimum Gasteiger partial charge on any atom is -0.382 e. The summed E-state index contributed by atoms with van der Waals surface area (Å²) in [4.78, 5) is 15.1. The van der Waals surface area contributed by atoms with Crippen LogP contribution in [-0.2, 0) is 11.2 Å². The molecule has 1 unspecified atom stereocenters. The van der Waals surface area contributed by atoms with Gasteiger partial charge in [0, 0.05) is 18.8 Å². The highest BCUT2D eigenvalue weighted by atomic mass is 19.4. The molecule has 1 aromatic heterocycles. The van der Waals surface area contributed by atoms with Crippen LogP contribution in [0.15, 0.2) is 24.5 Å². The fourth-order valence-electron chi connectivity index (χ4n) is 1.22. The first-order valence-electron chi connectivity index (χ1n) is 5.30. The van der Waals surface area contributed by atoms with E-state index < -0.39 is 24.7 Å². The van der Waals surface area contributed by atoms with Crippen LogP contribution in [0, 0.1) is 0 Å². The Morgan fingerprint density at radius 1 is 1.50 bits per heavy atom. The largest absolute Gasteiger partial charge is 0.416 e. The molecule has 100 valence electrons. The third-order valence-corrected chi connectivity index (χ3v) is 2.23. The fourth-order valence-corrected chi connectivity index (χ4v) is 1.22. The van der Waals surface area contributed by atoms with Crippen molar-refractivity contribution < 1.29 is 23.1 Å². The number of carbonyl (C=O) groups is 1. The van der Waals surface area contributed by atoms with Crippen molar-refractivity contribution in [2.24, 2.45) is 0 Å². The van der Waals surface area contributed by atoms with Gasteiger partial charge in [0.05, 0.1) is 6.54 Å². The molecular formula is C11H13F3N2O2. The second-order valence-electron chi connectivity index (χ2n) is 3.72. The van der Waals surface area contributed by atoms with Gasteiger partial charge in [-0.2, -0.15) is 13.2 Å². The van der Waals surface area contributed by atoms with Crippen molar-refractivity contribution >= 4 is 5.91 Å². The third kappa shape index (κ3) is 5.13. The van der Waals surface area contributed by atoms with Gasteiger partial charge in [0.25, 0.3) is 0 Å². The minimum absolute atomic E-state index is 0.0519. The van der Waals surface area contributed by atoms with Crippen LogP contribution < -0.4 is 5.32 Å². The van der Waals surface area contributed by atoms with Gasteiger partial charge in [0.2, 0.25) is 5.91 Å². The molecule has 0 spiro atoms. The molecule has 2 N–H and O–H groups in total. The number of halogens is 3. The second-order valence-corrected chi connectivity index (χ2v) is 3.72. The standard InChI is InChI=1S/C11H13F3N2O2/c12-11(13,14)9(17)7-16-10(18)4-3-8-2-1-5-15-6-8/h1-2,5-6,9,17H,3-4,7H2,(H,16,18). The molecule has 0 saturated heterocycles. The summed E-state index contributed by atoms with van der Waals surface area (Å²) in [5.41, 5.74) is 0.823. The Morgan fingerprint density at radius 2 is 2.22 bits per heavy atom. The smallest absolute Gasteiger partial charge is 0.382 e. The van der Waals surface area contributed by atoms with Crippen molar-refractivity contribution in [2.45, 2.75) is 25.1 Å². The Labute approximate surface area is 102 Å².